The number of aliphatic hydroxyl groups is 1. The van der Waals surface area contributed by atoms with Crippen molar-refractivity contribution < 1.29 is 29.4 Å². The number of carbonyl (C=O) groups excluding carboxylic acids is 3. The average Bonchev–Trinajstić information content (AvgIpc) is 2.64. The van der Waals surface area contributed by atoms with E-state index >= 15 is 0 Å². The van der Waals surface area contributed by atoms with E-state index in [4.69, 9.17) is 21.7 Å². The van der Waals surface area contributed by atoms with Gasteiger partial charge < -0.3 is 37.6 Å². The third kappa shape index (κ3) is 10.8. The van der Waals surface area contributed by atoms with Crippen LogP contribution in [0.2, 0.25) is 0 Å². The third-order valence-electron chi connectivity index (χ3n) is 4.20. The average molecular weight is 418 g/mol. The van der Waals surface area contributed by atoms with Crippen LogP contribution >= 0.6 is 0 Å². The van der Waals surface area contributed by atoms with Crippen molar-refractivity contribution in [1.82, 2.24) is 16.0 Å². The Balaban J connectivity index is 4.91. The molecule has 0 aromatic carbocycles. The van der Waals surface area contributed by atoms with E-state index in [0.717, 1.165) is 6.42 Å². The van der Waals surface area contributed by atoms with E-state index in [1.165, 1.54) is 6.92 Å². The molecule has 0 aromatic rings. The lowest BCUT2D eigenvalue weighted by atomic mass is 10.0. The van der Waals surface area contributed by atoms with Crippen molar-refractivity contribution >= 4 is 23.7 Å². The van der Waals surface area contributed by atoms with Gasteiger partial charge in [-0.1, -0.05) is 20.3 Å². The third-order valence-corrected chi connectivity index (χ3v) is 4.20. The maximum atomic E-state index is 12.6. The summed E-state index contributed by atoms with van der Waals surface area (Å²) in [5.41, 5.74) is 11.3. The zero-order valence-corrected chi connectivity index (χ0v) is 17.3. The van der Waals surface area contributed by atoms with Gasteiger partial charge in [0.25, 0.3) is 0 Å². The lowest BCUT2D eigenvalue weighted by Gasteiger charge is -2.24. The highest BCUT2D eigenvalue weighted by Crippen LogP contribution is 2.07. The molecule has 0 spiro atoms. The molecule has 0 radical (unpaired) electrons. The number of aliphatic hydroxyl groups excluding tert-OH is 1. The summed E-state index contributed by atoms with van der Waals surface area (Å²) in [6.07, 6.45) is 2.21. The number of nitrogens with one attached hydrogen (secondary N) is 3. The van der Waals surface area contributed by atoms with Crippen LogP contribution in [0.5, 0.6) is 0 Å². The van der Waals surface area contributed by atoms with E-state index in [0.29, 0.717) is 25.8 Å². The maximum Gasteiger partial charge on any atom is 0.328 e. The smallest absolute Gasteiger partial charge is 0.328 e. The van der Waals surface area contributed by atoms with Crippen LogP contribution in [0.25, 0.3) is 0 Å². The highest BCUT2D eigenvalue weighted by Gasteiger charge is 2.28. The molecule has 4 unspecified atom stereocenters. The molecule has 0 saturated heterocycles. The van der Waals surface area contributed by atoms with Crippen molar-refractivity contribution in [2.24, 2.45) is 17.4 Å². The summed E-state index contributed by atoms with van der Waals surface area (Å²) in [5.74, 6) is -3.14. The van der Waals surface area contributed by atoms with E-state index in [-0.39, 0.29) is 5.92 Å². The van der Waals surface area contributed by atoms with Crippen molar-refractivity contribution in [2.45, 2.75) is 70.6 Å². The van der Waals surface area contributed by atoms with Gasteiger partial charge in [-0.25, -0.2) is 4.79 Å². The predicted molar refractivity (Wildman–Crippen MR) is 107 cm³/mol. The molecule has 11 nitrogen and oxygen atoms in total. The van der Waals surface area contributed by atoms with Crippen molar-refractivity contribution in [3.63, 3.8) is 0 Å². The minimum Gasteiger partial charge on any atom is -0.480 e. The number of hydrogen-bond acceptors (Lipinski definition) is 7. The molecule has 9 N–H and O–H groups in total. The van der Waals surface area contributed by atoms with E-state index in [2.05, 4.69) is 16.0 Å². The summed E-state index contributed by atoms with van der Waals surface area (Å²) in [4.78, 5) is 47.8. The Labute approximate surface area is 171 Å². The fourth-order valence-corrected chi connectivity index (χ4v) is 2.48. The van der Waals surface area contributed by atoms with Gasteiger partial charge in [-0.3, -0.25) is 14.4 Å². The van der Waals surface area contributed by atoms with Crippen LogP contribution in [0.1, 0.15) is 46.5 Å². The summed E-state index contributed by atoms with van der Waals surface area (Å²) in [6, 6.07) is -4.21. The molecule has 168 valence electrons. The zero-order chi connectivity index (χ0) is 22.6. The number of nitrogens with two attached hydrogens (primary N) is 2. The molecule has 11 heteroatoms. The zero-order valence-electron chi connectivity index (χ0n) is 17.3. The molecule has 0 bridgehead atoms. The molecule has 4 atom stereocenters. The molecule has 0 aliphatic rings. The van der Waals surface area contributed by atoms with Gasteiger partial charge in [0.1, 0.15) is 18.1 Å². The molecule has 0 aromatic heterocycles. The normalized spacial score (nSPS) is 15.1. The lowest BCUT2D eigenvalue weighted by molar-refractivity contribution is -0.143. The quantitative estimate of drug-likeness (QED) is 0.158. The first-order valence-electron chi connectivity index (χ1n) is 9.73. The number of rotatable bonds is 14. The Bertz CT molecular complexity index is 557. The fourth-order valence-electron chi connectivity index (χ4n) is 2.48. The molecule has 0 heterocycles. The number of amides is 3. The van der Waals surface area contributed by atoms with Crippen LogP contribution in [-0.2, 0) is 19.2 Å². The molecule has 0 saturated carbocycles. The number of carboxylic acid groups (broad SMARTS) is 1. The molecular formula is C18H35N5O6. The van der Waals surface area contributed by atoms with Crippen molar-refractivity contribution in [3.05, 3.63) is 0 Å². The Morgan fingerprint density at radius 1 is 0.897 bits per heavy atom. The Hall–Kier alpha value is -2.24. The van der Waals surface area contributed by atoms with Gasteiger partial charge >= 0.3 is 5.97 Å². The Morgan fingerprint density at radius 2 is 1.48 bits per heavy atom. The molecule has 0 aliphatic carbocycles. The number of carboxylic acids is 1. The highest BCUT2D eigenvalue weighted by molar-refractivity contribution is 5.93. The molecular weight excluding hydrogens is 382 g/mol. The van der Waals surface area contributed by atoms with Crippen LogP contribution in [0, 0.1) is 5.92 Å². The monoisotopic (exact) mass is 417 g/mol. The van der Waals surface area contributed by atoms with Crippen molar-refractivity contribution in [1.29, 1.82) is 0 Å². The lowest BCUT2D eigenvalue weighted by Crippen LogP contribution is -2.56. The topological polar surface area (TPSA) is 197 Å². The molecule has 0 rings (SSSR count). The first-order chi connectivity index (χ1) is 13.5. The van der Waals surface area contributed by atoms with Crippen molar-refractivity contribution in [3.8, 4) is 0 Å². The van der Waals surface area contributed by atoms with Gasteiger partial charge in [-0.2, -0.15) is 0 Å². The van der Waals surface area contributed by atoms with Crippen LogP contribution in [0.3, 0.4) is 0 Å². The molecule has 3 amide bonds. The van der Waals surface area contributed by atoms with Gasteiger partial charge in [-0.05, 0) is 38.6 Å². The van der Waals surface area contributed by atoms with Crippen LogP contribution in [0.4, 0.5) is 0 Å². The fraction of sp³-hybridized carbons (Fsp3) is 0.778. The highest BCUT2D eigenvalue weighted by atomic mass is 16.4. The number of unbranched alkanes of at least 4 members (excludes halogenated alkanes) is 1. The Morgan fingerprint density at radius 3 is 1.97 bits per heavy atom. The van der Waals surface area contributed by atoms with E-state index in [1.807, 2.05) is 13.8 Å². The van der Waals surface area contributed by atoms with Crippen LogP contribution in [0.15, 0.2) is 0 Å². The first-order valence-corrected chi connectivity index (χ1v) is 9.73. The summed E-state index contributed by atoms with van der Waals surface area (Å²) < 4.78 is 0. The van der Waals surface area contributed by atoms with Gasteiger partial charge in [0.15, 0.2) is 0 Å². The summed E-state index contributed by atoms with van der Waals surface area (Å²) in [7, 11) is 0. The van der Waals surface area contributed by atoms with Gasteiger partial charge in [-0.15, -0.1) is 0 Å². The molecule has 0 fully saturated rings. The summed E-state index contributed by atoms with van der Waals surface area (Å²) in [5, 5.41) is 25.0. The summed E-state index contributed by atoms with van der Waals surface area (Å²) in [6.45, 7) is 4.85. The van der Waals surface area contributed by atoms with E-state index in [9.17, 15) is 19.2 Å². The maximum absolute atomic E-state index is 12.6. The molecule has 29 heavy (non-hydrogen) atoms. The van der Waals surface area contributed by atoms with Crippen LogP contribution in [-0.4, -0.2) is 71.2 Å². The SMILES string of the molecule is CC(C)CC(NC(=O)C(N)CCCCN)C(=O)NC(C)C(=O)NC(CO)C(=O)O. The second-order valence-electron chi connectivity index (χ2n) is 7.39. The first kappa shape index (κ1) is 26.8. The number of carbonyl (C=O) groups is 4. The van der Waals surface area contributed by atoms with Gasteiger partial charge in [0.2, 0.25) is 17.7 Å². The van der Waals surface area contributed by atoms with Crippen molar-refractivity contribution in [2.75, 3.05) is 13.2 Å². The number of aliphatic carboxylic acids is 1. The largest absolute Gasteiger partial charge is 0.480 e. The summed E-state index contributed by atoms with van der Waals surface area (Å²) >= 11 is 0. The number of hydrogen-bond donors (Lipinski definition) is 7. The minimum atomic E-state index is -1.47. The van der Waals surface area contributed by atoms with Crippen LogP contribution < -0.4 is 27.4 Å². The van der Waals surface area contributed by atoms with Gasteiger partial charge in [0.05, 0.1) is 12.6 Å². The van der Waals surface area contributed by atoms with Gasteiger partial charge in [0, 0.05) is 0 Å². The standard InChI is InChI=1S/C18H35N5O6/c1-10(2)8-13(22-16(26)12(20)6-4-5-7-19)17(27)21-11(3)15(25)23-14(9-24)18(28)29/h10-14,24H,4-9,19-20H2,1-3H3,(H,21,27)(H,22,26)(H,23,25)(H,28,29). The van der Waals surface area contributed by atoms with E-state index < -0.39 is 54.5 Å². The van der Waals surface area contributed by atoms with E-state index in [1.54, 1.807) is 0 Å². The Kier molecular flexibility index (Phi) is 12.8. The second-order valence-corrected chi connectivity index (χ2v) is 7.39. The minimum absolute atomic E-state index is 0.0782. The molecule has 0 aliphatic heterocycles. The second kappa shape index (κ2) is 13.9. The predicted octanol–water partition coefficient (Wildman–Crippen LogP) is -1.96.